The quantitative estimate of drug-likeness (QED) is 0.423. The van der Waals surface area contributed by atoms with Crippen molar-refractivity contribution in [2.75, 3.05) is 30.4 Å². The Hall–Kier alpha value is -3.74. The van der Waals surface area contributed by atoms with Crippen molar-refractivity contribution in [3.8, 4) is 0 Å². The number of guanidine groups is 1. The van der Waals surface area contributed by atoms with Gasteiger partial charge in [-0.05, 0) is 48.4 Å². The molecule has 1 aromatic heterocycles. The lowest BCUT2D eigenvalue weighted by Crippen LogP contribution is -2.44. The Morgan fingerprint density at radius 1 is 1.10 bits per heavy atom. The van der Waals surface area contributed by atoms with Gasteiger partial charge in [0.25, 0.3) is 5.91 Å². The molecule has 0 radical (unpaired) electrons. The molecule has 1 aliphatic heterocycles. The summed E-state index contributed by atoms with van der Waals surface area (Å²) in [4.78, 5) is 18.8. The lowest BCUT2D eigenvalue weighted by Gasteiger charge is -2.20. The van der Waals surface area contributed by atoms with Gasteiger partial charge in [-0.2, -0.15) is 0 Å². The highest BCUT2D eigenvalue weighted by atomic mass is 16.3. The van der Waals surface area contributed by atoms with E-state index in [0.717, 1.165) is 36.7 Å². The summed E-state index contributed by atoms with van der Waals surface area (Å²) in [7, 11) is 1.78. The maximum atomic E-state index is 12.0. The number of benzene rings is 2. The summed E-state index contributed by atoms with van der Waals surface area (Å²) in [5, 5.41) is 9.71. The largest absolute Gasteiger partial charge is 0.459 e. The van der Waals surface area contributed by atoms with E-state index in [1.54, 1.807) is 19.2 Å². The van der Waals surface area contributed by atoms with E-state index in [9.17, 15) is 4.79 Å². The molecular formula is C24H27N5O2. The Morgan fingerprint density at radius 3 is 2.61 bits per heavy atom. The summed E-state index contributed by atoms with van der Waals surface area (Å²) < 4.78 is 5.11. The van der Waals surface area contributed by atoms with Crippen LogP contribution in [0.15, 0.2) is 82.4 Å². The average Bonchev–Trinajstić information content (AvgIpc) is 3.51. The van der Waals surface area contributed by atoms with Crippen LogP contribution < -0.4 is 20.9 Å². The zero-order valence-electron chi connectivity index (χ0n) is 17.5. The summed E-state index contributed by atoms with van der Waals surface area (Å²) in [6, 6.07) is 21.9. The molecule has 0 aliphatic carbocycles. The van der Waals surface area contributed by atoms with Gasteiger partial charge in [0.1, 0.15) is 0 Å². The number of aliphatic imine (C=N–C) groups is 1. The first-order chi connectivity index (χ1) is 15.2. The second-order valence-corrected chi connectivity index (χ2v) is 7.47. The van der Waals surface area contributed by atoms with Gasteiger partial charge in [0.05, 0.1) is 6.26 Å². The van der Waals surface area contributed by atoms with Crippen molar-refractivity contribution in [3.63, 3.8) is 0 Å². The lowest BCUT2D eigenvalue weighted by atomic mass is 10.2. The number of nitrogens with one attached hydrogen (secondary N) is 3. The van der Waals surface area contributed by atoms with Crippen molar-refractivity contribution >= 4 is 23.2 Å². The molecule has 1 aliphatic rings. The van der Waals surface area contributed by atoms with Crippen molar-refractivity contribution in [1.29, 1.82) is 0 Å². The van der Waals surface area contributed by atoms with E-state index in [-0.39, 0.29) is 5.91 Å². The van der Waals surface area contributed by atoms with E-state index in [2.05, 4.69) is 50.1 Å². The second-order valence-electron chi connectivity index (χ2n) is 7.47. The monoisotopic (exact) mass is 417 g/mol. The van der Waals surface area contributed by atoms with Crippen molar-refractivity contribution in [2.45, 2.75) is 19.0 Å². The van der Waals surface area contributed by atoms with E-state index in [4.69, 9.17) is 4.42 Å². The highest BCUT2D eigenvalue weighted by Crippen LogP contribution is 2.19. The highest BCUT2D eigenvalue weighted by Gasteiger charge is 2.23. The fraction of sp³-hybridized carbons (Fsp3) is 0.250. The maximum Gasteiger partial charge on any atom is 0.291 e. The van der Waals surface area contributed by atoms with Crippen LogP contribution in [0.5, 0.6) is 0 Å². The highest BCUT2D eigenvalue weighted by molar-refractivity contribution is 6.02. The van der Waals surface area contributed by atoms with Crippen LogP contribution in [0.2, 0.25) is 0 Å². The lowest BCUT2D eigenvalue weighted by molar-refractivity contribution is 0.0996. The first-order valence-electron chi connectivity index (χ1n) is 10.4. The molecule has 7 heteroatoms. The summed E-state index contributed by atoms with van der Waals surface area (Å²) in [6.07, 6.45) is 2.55. The normalized spacial score (nSPS) is 16.2. The van der Waals surface area contributed by atoms with Gasteiger partial charge in [-0.25, -0.2) is 0 Å². The molecule has 2 aromatic carbocycles. The number of furan rings is 1. The zero-order chi connectivity index (χ0) is 21.5. The number of amides is 1. The van der Waals surface area contributed by atoms with Crippen molar-refractivity contribution < 1.29 is 9.21 Å². The van der Waals surface area contributed by atoms with E-state index in [1.165, 1.54) is 12.0 Å². The Balaban J connectivity index is 1.25. The Morgan fingerprint density at radius 2 is 1.90 bits per heavy atom. The molecule has 0 spiro atoms. The third-order valence-electron chi connectivity index (χ3n) is 5.29. The summed E-state index contributed by atoms with van der Waals surface area (Å²) in [6.45, 7) is 2.62. The van der Waals surface area contributed by atoms with Crippen LogP contribution in [0.4, 0.5) is 11.4 Å². The molecule has 1 atom stereocenters. The molecule has 0 saturated carbocycles. The smallest absolute Gasteiger partial charge is 0.291 e. The maximum absolute atomic E-state index is 12.0. The van der Waals surface area contributed by atoms with Gasteiger partial charge in [0, 0.05) is 44.1 Å². The minimum atomic E-state index is -0.262. The van der Waals surface area contributed by atoms with Crippen molar-refractivity contribution in [3.05, 3.63) is 84.3 Å². The van der Waals surface area contributed by atoms with Gasteiger partial charge in [0.2, 0.25) is 0 Å². The van der Waals surface area contributed by atoms with Crippen LogP contribution in [0.1, 0.15) is 22.5 Å². The molecule has 1 saturated heterocycles. The second kappa shape index (κ2) is 9.84. The number of carbonyl (C=O) groups is 1. The number of nitrogens with zero attached hydrogens (tertiary/aromatic N) is 2. The van der Waals surface area contributed by atoms with Crippen LogP contribution in [-0.2, 0) is 6.54 Å². The number of para-hydroxylation sites is 1. The molecule has 1 amide bonds. The standard InChI is InChI=1S/C24H27N5O2/c1-25-24(28-20-13-14-29(17-20)21-6-3-2-4-7-21)26-16-18-9-11-19(12-10-18)27-23(30)22-8-5-15-31-22/h2-12,15,20H,13-14,16-17H2,1H3,(H,27,30)(H2,25,26,28). The molecule has 4 rings (SSSR count). The van der Waals surface area contributed by atoms with E-state index >= 15 is 0 Å². The van der Waals surface area contributed by atoms with E-state index in [1.807, 2.05) is 30.3 Å². The number of anilines is 2. The zero-order valence-corrected chi connectivity index (χ0v) is 17.5. The fourth-order valence-corrected chi connectivity index (χ4v) is 3.63. The van der Waals surface area contributed by atoms with Crippen molar-refractivity contribution in [2.24, 2.45) is 4.99 Å². The van der Waals surface area contributed by atoms with Crippen LogP contribution in [0, 0.1) is 0 Å². The topological polar surface area (TPSA) is 81.9 Å². The third-order valence-corrected chi connectivity index (χ3v) is 5.29. The Bertz CT molecular complexity index is 1000. The molecule has 31 heavy (non-hydrogen) atoms. The van der Waals surface area contributed by atoms with Gasteiger partial charge >= 0.3 is 0 Å². The van der Waals surface area contributed by atoms with Crippen LogP contribution in [0.3, 0.4) is 0 Å². The minimum absolute atomic E-state index is 0.262. The first kappa shape index (κ1) is 20.5. The fourth-order valence-electron chi connectivity index (χ4n) is 3.63. The molecule has 1 fully saturated rings. The predicted molar refractivity (Wildman–Crippen MR) is 123 cm³/mol. The van der Waals surface area contributed by atoms with E-state index < -0.39 is 0 Å². The molecule has 160 valence electrons. The summed E-state index contributed by atoms with van der Waals surface area (Å²) in [5.41, 5.74) is 3.07. The van der Waals surface area contributed by atoms with Crippen LogP contribution in [-0.4, -0.2) is 38.0 Å². The molecule has 2 heterocycles. The number of hydrogen-bond acceptors (Lipinski definition) is 4. The molecule has 3 aromatic rings. The Labute approximate surface area is 182 Å². The molecular weight excluding hydrogens is 390 g/mol. The van der Waals surface area contributed by atoms with Gasteiger partial charge in [0.15, 0.2) is 11.7 Å². The van der Waals surface area contributed by atoms with Gasteiger partial charge in [-0.1, -0.05) is 30.3 Å². The Kier molecular flexibility index (Phi) is 6.52. The minimum Gasteiger partial charge on any atom is -0.459 e. The van der Waals surface area contributed by atoms with E-state index in [0.29, 0.717) is 18.3 Å². The summed E-state index contributed by atoms with van der Waals surface area (Å²) in [5.74, 6) is 0.815. The number of rotatable bonds is 6. The molecule has 3 N–H and O–H groups in total. The molecule has 7 nitrogen and oxygen atoms in total. The first-order valence-corrected chi connectivity index (χ1v) is 10.4. The van der Waals surface area contributed by atoms with Gasteiger partial charge < -0.3 is 25.3 Å². The van der Waals surface area contributed by atoms with Gasteiger partial charge in [-0.3, -0.25) is 9.79 Å². The number of carbonyl (C=O) groups excluding carboxylic acids is 1. The molecule has 1 unspecified atom stereocenters. The molecule has 0 bridgehead atoms. The third kappa shape index (κ3) is 5.45. The van der Waals surface area contributed by atoms with Crippen LogP contribution in [0.25, 0.3) is 0 Å². The van der Waals surface area contributed by atoms with Crippen molar-refractivity contribution in [1.82, 2.24) is 10.6 Å². The average molecular weight is 418 g/mol. The summed E-state index contributed by atoms with van der Waals surface area (Å²) >= 11 is 0. The van der Waals surface area contributed by atoms with Gasteiger partial charge in [-0.15, -0.1) is 0 Å². The van der Waals surface area contributed by atoms with Crippen LogP contribution >= 0.6 is 0 Å². The SMILES string of the molecule is CN=C(NCc1ccc(NC(=O)c2ccco2)cc1)NC1CCN(c2ccccc2)C1. The number of hydrogen-bond donors (Lipinski definition) is 3. The predicted octanol–water partition coefficient (Wildman–Crippen LogP) is 3.48.